The number of likely N-dealkylation sites (tertiary alicyclic amines) is 1. The minimum atomic E-state index is -0.357. The summed E-state index contributed by atoms with van der Waals surface area (Å²) in [7, 11) is 2.03. The summed E-state index contributed by atoms with van der Waals surface area (Å²) in [5.41, 5.74) is -0.357. The molecule has 0 bridgehead atoms. The molecular formula is C27H56KN2O2-. The van der Waals surface area contributed by atoms with Crippen molar-refractivity contribution >= 4 is 11.6 Å². The Labute approximate surface area is 245 Å². The van der Waals surface area contributed by atoms with Gasteiger partial charge in [0.15, 0.2) is 11.6 Å². The van der Waals surface area contributed by atoms with Crippen LogP contribution in [0.15, 0.2) is 0 Å². The molecule has 0 N–H and O–H groups in total. The molecule has 0 saturated carbocycles. The van der Waals surface area contributed by atoms with Gasteiger partial charge in [-0.1, -0.05) is 48.0 Å². The molecule has 1 aliphatic rings. The normalized spacial score (nSPS) is 17.8. The molecule has 2 unspecified atom stereocenters. The van der Waals surface area contributed by atoms with Crippen LogP contribution in [-0.4, -0.2) is 58.6 Å². The maximum Gasteiger partial charge on any atom is 1.00 e. The van der Waals surface area contributed by atoms with E-state index in [1.165, 1.54) is 6.42 Å². The van der Waals surface area contributed by atoms with Gasteiger partial charge in [0.25, 0.3) is 0 Å². The molecule has 1 rings (SSSR count). The fourth-order valence-corrected chi connectivity index (χ4v) is 4.11. The van der Waals surface area contributed by atoms with Gasteiger partial charge < -0.3 is 14.4 Å². The fraction of sp³-hybridized carbons (Fsp3) is 0.852. The topological polar surface area (TPSA) is 40.6 Å². The molecule has 0 amide bonds. The molecule has 1 heterocycles. The molecule has 1 saturated heterocycles. The molecule has 0 radical (unpaired) electrons. The third-order valence-electron chi connectivity index (χ3n) is 6.13. The molecule has 4 nitrogen and oxygen atoms in total. The number of ketones is 2. The SMILES string of the molecule is CC.CC(C)C(=O)C1CCCN1C(C)C.[CH2-]CCC(C)(C(=O)C(C)C)N(C)C(C)C.[CH3-].[K+]. The number of carbonyl (C=O) groups excluding carboxylic acids is 2. The Morgan fingerprint density at radius 2 is 1.50 bits per heavy atom. The van der Waals surface area contributed by atoms with Gasteiger partial charge in [0.05, 0.1) is 11.6 Å². The van der Waals surface area contributed by atoms with E-state index in [0.717, 1.165) is 25.8 Å². The third kappa shape index (κ3) is 12.6. The summed E-state index contributed by atoms with van der Waals surface area (Å²) in [6.07, 6.45) is 3.88. The number of rotatable bonds is 9. The average Bonchev–Trinajstić information content (AvgIpc) is 3.18. The van der Waals surface area contributed by atoms with Gasteiger partial charge in [0.1, 0.15) is 0 Å². The van der Waals surface area contributed by atoms with Crippen molar-refractivity contribution in [2.75, 3.05) is 13.6 Å². The molecular weight excluding hydrogens is 423 g/mol. The summed E-state index contributed by atoms with van der Waals surface area (Å²) in [4.78, 5) is 28.6. The van der Waals surface area contributed by atoms with Crippen molar-refractivity contribution in [2.45, 2.75) is 126 Å². The van der Waals surface area contributed by atoms with E-state index in [9.17, 15) is 9.59 Å². The molecule has 1 fully saturated rings. The van der Waals surface area contributed by atoms with E-state index in [1.807, 2.05) is 55.5 Å². The first kappa shape index (κ1) is 40.1. The second kappa shape index (κ2) is 20.1. The van der Waals surface area contributed by atoms with E-state index in [1.54, 1.807) is 0 Å². The van der Waals surface area contributed by atoms with E-state index in [-0.39, 0.29) is 82.2 Å². The number of nitrogens with zero attached hydrogens (tertiary/aromatic N) is 2. The Morgan fingerprint density at radius 1 is 1.03 bits per heavy atom. The molecule has 32 heavy (non-hydrogen) atoms. The second-order valence-corrected chi connectivity index (χ2v) is 9.65. The second-order valence-electron chi connectivity index (χ2n) is 9.65. The predicted octanol–water partition coefficient (Wildman–Crippen LogP) is 3.49. The van der Waals surface area contributed by atoms with E-state index in [4.69, 9.17) is 0 Å². The van der Waals surface area contributed by atoms with E-state index in [2.05, 4.69) is 44.4 Å². The number of hydrogen-bond acceptors (Lipinski definition) is 4. The molecule has 0 spiro atoms. The largest absolute Gasteiger partial charge is 1.00 e. The Morgan fingerprint density at radius 3 is 1.81 bits per heavy atom. The fourth-order valence-electron chi connectivity index (χ4n) is 4.11. The minimum absolute atomic E-state index is 0. The van der Waals surface area contributed by atoms with Crippen LogP contribution >= 0.6 is 0 Å². The van der Waals surface area contributed by atoms with Gasteiger partial charge >= 0.3 is 51.4 Å². The molecule has 0 aromatic carbocycles. The first-order chi connectivity index (χ1) is 13.8. The smallest absolute Gasteiger partial charge is 0.358 e. The van der Waals surface area contributed by atoms with Gasteiger partial charge in [-0.05, 0) is 61.1 Å². The molecule has 0 aromatic heterocycles. The van der Waals surface area contributed by atoms with Crippen LogP contribution in [0.4, 0.5) is 0 Å². The van der Waals surface area contributed by atoms with Crippen molar-refractivity contribution in [2.24, 2.45) is 11.8 Å². The molecule has 2 atom stereocenters. The van der Waals surface area contributed by atoms with Gasteiger partial charge in [-0.15, -0.1) is 0 Å². The van der Waals surface area contributed by atoms with Crippen LogP contribution in [0.5, 0.6) is 0 Å². The summed E-state index contributed by atoms with van der Waals surface area (Å²) in [6.45, 7) is 27.5. The molecule has 0 aliphatic carbocycles. The molecule has 1 aliphatic heterocycles. The van der Waals surface area contributed by atoms with E-state index in [0.29, 0.717) is 23.7 Å². The van der Waals surface area contributed by atoms with Crippen LogP contribution in [0.1, 0.15) is 102 Å². The van der Waals surface area contributed by atoms with Crippen LogP contribution in [-0.2, 0) is 9.59 Å². The molecule has 0 aromatic rings. The quantitative estimate of drug-likeness (QED) is 0.375. The van der Waals surface area contributed by atoms with Crippen LogP contribution in [0.3, 0.4) is 0 Å². The summed E-state index contributed by atoms with van der Waals surface area (Å²) < 4.78 is 0. The molecule has 188 valence electrons. The van der Waals surface area contributed by atoms with Crippen LogP contribution in [0, 0.1) is 26.2 Å². The number of hydrogen-bond donors (Lipinski definition) is 0. The van der Waals surface area contributed by atoms with E-state index >= 15 is 0 Å². The summed E-state index contributed by atoms with van der Waals surface area (Å²) >= 11 is 0. The summed E-state index contributed by atoms with van der Waals surface area (Å²) in [6, 6.07) is 1.10. The van der Waals surface area contributed by atoms with Crippen LogP contribution in [0.2, 0.25) is 0 Å². The van der Waals surface area contributed by atoms with Gasteiger partial charge in [-0.25, -0.2) is 0 Å². The summed E-state index contributed by atoms with van der Waals surface area (Å²) in [5, 5.41) is 0. The van der Waals surface area contributed by atoms with E-state index < -0.39 is 0 Å². The Balaban J connectivity index is -0.000000216. The van der Waals surface area contributed by atoms with Crippen molar-refractivity contribution in [3.8, 4) is 0 Å². The first-order valence-electron chi connectivity index (χ1n) is 12.2. The monoisotopic (exact) mass is 479 g/mol. The standard InChI is InChI=1S/C13H26NO.C11H21NO.C2H6.CH3.K/c1-8-9-13(6,12(15)10(2)3)14(7)11(4)5;1-8(2)11(13)10-6-5-7-12(10)9(3)4;1-2;;/h10-11H,1,8-9H2,2-7H3;8-10H,5-7H2,1-4H3;1-2H3;1H3;/q-1;;;-1;+1. The summed E-state index contributed by atoms with van der Waals surface area (Å²) in [5.74, 6) is 1.01. The predicted molar refractivity (Wildman–Crippen MR) is 138 cm³/mol. The van der Waals surface area contributed by atoms with Crippen molar-refractivity contribution in [3.05, 3.63) is 14.4 Å². The number of Topliss-reactive ketones (excluding diaryl/α,β-unsaturated/α-hetero) is 2. The van der Waals surface area contributed by atoms with Gasteiger partial charge in [-0.2, -0.15) is 6.42 Å². The van der Waals surface area contributed by atoms with Crippen molar-refractivity contribution in [3.63, 3.8) is 0 Å². The maximum atomic E-state index is 12.2. The van der Waals surface area contributed by atoms with Crippen LogP contribution < -0.4 is 51.4 Å². The van der Waals surface area contributed by atoms with Gasteiger partial charge in [0, 0.05) is 23.9 Å². The third-order valence-corrected chi connectivity index (χ3v) is 6.13. The maximum absolute atomic E-state index is 12.2. The minimum Gasteiger partial charge on any atom is -0.358 e. The zero-order valence-electron chi connectivity index (χ0n) is 24.3. The van der Waals surface area contributed by atoms with Crippen LogP contribution in [0.25, 0.3) is 0 Å². The van der Waals surface area contributed by atoms with Gasteiger partial charge in [0.2, 0.25) is 0 Å². The van der Waals surface area contributed by atoms with Crippen molar-refractivity contribution in [1.82, 2.24) is 9.80 Å². The van der Waals surface area contributed by atoms with Gasteiger partial charge in [-0.3, -0.25) is 19.4 Å². The zero-order chi connectivity index (χ0) is 24.2. The van der Waals surface area contributed by atoms with Crippen molar-refractivity contribution < 1.29 is 61.0 Å². The number of likely N-dealkylation sites (N-methyl/N-ethyl adjacent to an activating group) is 1. The van der Waals surface area contributed by atoms with Crippen molar-refractivity contribution in [1.29, 1.82) is 0 Å². The zero-order valence-corrected chi connectivity index (χ0v) is 27.5. The molecule has 5 heteroatoms. The Hall–Kier alpha value is 0.896. The Bertz CT molecular complexity index is 492. The first-order valence-corrected chi connectivity index (χ1v) is 12.2. The average molecular weight is 480 g/mol. The Kier molecular flexibility index (Phi) is 25.2. The number of carbonyl (C=O) groups is 2.